The lowest BCUT2D eigenvalue weighted by molar-refractivity contribution is 0.172. The van der Waals surface area contributed by atoms with Gasteiger partial charge in [-0.3, -0.25) is 0 Å². The zero-order chi connectivity index (χ0) is 9.68. The van der Waals surface area contributed by atoms with E-state index in [1.165, 1.54) is 4.88 Å². The van der Waals surface area contributed by atoms with Crippen molar-refractivity contribution in [1.29, 1.82) is 0 Å². The first kappa shape index (κ1) is 11.2. The minimum atomic E-state index is 0.408. The molecule has 1 atom stereocenters. The normalized spacial score (nSPS) is 13.2. The Morgan fingerprint density at radius 3 is 3.00 bits per heavy atom. The second kappa shape index (κ2) is 5.75. The topological polar surface area (TPSA) is 21.3 Å². The van der Waals surface area contributed by atoms with Crippen LogP contribution in [0.4, 0.5) is 0 Å². The van der Waals surface area contributed by atoms with Crippen molar-refractivity contribution in [2.45, 2.75) is 19.5 Å². The van der Waals surface area contributed by atoms with Crippen LogP contribution in [0.5, 0.6) is 0 Å². The third-order valence-electron chi connectivity index (χ3n) is 1.66. The molecule has 0 aliphatic heterocycles. The van der Waals surface area contributed by atoms with E-state index in [9.17, 15) is 0 Å². The van der Waals surface area contributed by atoms with E-state index in [1.54, 1.807) is 18.4 Å². The summed E-state index contributed by atoms with van der Waals surface area (Å²) in [4.78, 5) is 1.34. The zero-order valence-electron chi connectivity index (χ0n) is 7.84. The van der Waals surface area contributed by atoms with E-state index in [4.69, 9.17) is 4.74 Å². The predicted octanol–water partition coefficient (Wildman–Crippen LogP) is 2.64. The summed E-state index contributed by atoms with van der Waals surface area (Å²) in [5.74, 6) is 0. The molecule has 0 aliphatic rings. The summed E-state index contributed by atoms with van der Waals surface area (Å²) >= 11 is 5.19. The first-order chi connectivity index (χ1) is 6.22. The Morgan fingerprint density at radius 1 is 1.69 bits per heavy atom. The molecule has 1 heterocycles. The number of halogens is 1. The lowest BCUT2D eigenvalue weighted by Gasteiger charge is -2.11. The quantitative estimate of drug-likeness (QED) is 0.882. The van der Waals surface area contributed by atoms with Crippen LogP contribution in [-0.4, -0.2) is 19.8 Å². The maximum absolute atomic E-state index is 5.03. The van der Waals surface area contributed by atoms with Gasteiger partial charge < -0.3 is 10.1 Å². The van der Waals surface area contributed by atoms with Gasteiger partial charge in [0, 0.05) is 34.4 Å². The Bertz CT molecular complexity index is 252. The van der Waals surface area contributed by atoms with Crippen LogP contribution in [0, 0.1) is 0 Å². The highest BCUT2D eigenvalue weighted by Gasteiger charge is 2.01. The molecule has 0 saturated heterocycles. The Labute approximate surface area is 91.4 Å². The number of ether oxygens (including phenoxy) is 1. The van der Waals surface area contributed by atoms with Crippen LogP contribution in [0.1, 0.15) is 11.8 Å². The summed E-state index contributed by atoms with van der Waals surface area (Å²) in [6.45, 7) is 3.79. The molecule has 2 nitrogen and oxygen atoms in total. The summed E-state index contributed by atoms with van der Waals surface area (Å²) in [6.07, 6.45) is 0. The molecule has 1 unspecified atom stereocenters. The second-order valence-electron chi connectivity index (χ2n) is 2.97. The van der Waals surface area contributed by atoms with E-state index >= 15 is 0 Å². The molecule has 0 spiro atoms. The Hall–Kier alpha value is 0.1000. The van der Waals surface area contributed by atoms with Gasteiger partial charge in [0.05, 0.1) is 6.61 Å². The fourth-order valence-corrected chi connectivity index (χ4v) is 2.43. The van der Waals surface area contributed by atoms with Gasteiger partial charge in [-0.15, -0.1) is 11.3 Å². The number of rotatable bonds is 5. The lowest BCUT2D eigenvalue weighted by atomic mass is 10.3. The van der Waals surface area contributed by atoms with E-state index in [0.717, 1.165) is 17.6 Å². The fraction of sp³-hybridized carbons (Fsp3) is 0.556. The van der Waals surface area contributed by atoms with E-state index in [1.807, 2.05) is 0 Å². The number of hydrogen-bond donors (Lipinski definition) is 1. The van der Waals surface area contributed by atoms with Crippen molar-refractivity contribution in [3.8, 4) is 0 Å². The molecule has 1 N–H and O–H groups in total. The van der Waals surface area contributed by atoms with Crippen LogP contribution in [0.25, 0.3) is 0 Å². The van der Waals surface area contributed by atoms with Gasteiger partial charge in [-0.1, -0.05) is 0 Å². The first-order valence-electron chi connectivity index (χ1n) is 4.17. The summed E-state index contributed by atoms with van der Waals surface area (Å²) in [5, 5.41) is 5.47. The van der Waals surface area contributed by atoms with Crippen LogP contribution in [0.15, 0.2) is 15.9 Å². The SMILES string of the molecule is COCC(C)NCc1cc(Br)cs1. The highest BCUT2D eigenvalue weighted by molar-refractivity contribution is 9.10. The molecule has 13 heavy (non-hydrogen) atoms. The summed E-state index contributed by atoms with van der Waals surface area (Å²) in [7, 11) is 1.72. The van der Waals surface area contributed by atoms with E-state index < -0.39 is 0 Å². The second-order valence-corrected chi connectivity index (χ2v) is 4.88. The van der Waals surface area contributed by atoms with Crippen molar-refractivity contribution in [3.63, 3.8) is 0 Å². The van der Waals surface area contributed by atoms with E-state index in [0.29, 0.717) is 6.04 Å². The molecule has 0 saturated carbocycles. The zero-order valence-corrected chi connectivity index (χ0v) is 10.2. The summed E-state index contributed by atoms with van der Waals surface area (Å²) in [5.41, 5.74) is 0. The van der Waals surface area contributed by atoms with Gasteiger partial charge in [0.1, 0.15) is 0 Å². The van der Waals surface area contributed by atoms with Gasteiger partial charge in [-0.2, -0.15) is 0 Å². The predicted molar refractivity (Wildman–Crippen MR) is 60.2 cm³/mol. The molecular formula is C9H14BrNOS. The van der Waals surface area contributed by atoms with Crippen LogP contribution in [0.2, 0.25) is 0 Å². The van der Waals surface area contributed by atoms with E-state index in [-0.39, 0.29) is 0 Å². The van der Waals surface area contributed by atoms with Crippen LogP contribution in [0.3, 0.4) is 0 Å². The smallest absolute Gasteiger partial charge is 0.0613 e. The first-order valence-corrected chi connectivity index (χ1v) is 5.85. The van der Waals surface area contributed by atoms with Gasteiger partial charge in [-0.25, -0.2) is 0 Å². The number of hydrogen-bond acceptors (Lipinski definition) is 3. The van der Waals surface area contributed by atoms with Crippen molar-refractivity contribution in [2.24, 2.45) is 0 Å². The fourth-order valence-electron chi connectivity index (χ4n) is 1.03. The van der Waals surface area contributed by atoms with Gasteiger partial charge in [0.25, 0.3) is 0 Å². The van der Waals surface area contributed by atoms with Crippen molar-refractivity contribution in [3.05, 3.63) is 20.8 Å². The summed E-state index contributed by atoms with van der Waals surface area (Å²) < 4.78 is 6.19. The van der Waals surface area contributed by atoms with Crippen molar-refractivity contribution in [2.75, 3.05) is 13.7 Å². The Morgan fingerprint density at radius 2 is 2.46 bits per heavy atom. The molecule has 0 fully saturated rings. The molecule has 0 radical (unpaired) electrons. The molecule has 0 aromatic carbocycles. The molecule has 0 amide bonds. The molecule has 74 valence electrons. The highest BCUT2D eigenvalue weighted by atomic mass is 79.9. The minimum Gasteiger partial charge on any atom is -0.383 e. The summed E-state index contributed by atoms with van der Waals surface area (Å²) in [6, 6.07) is 2.54. The average Bonchev–Trinajstić information content (AvgIpc) is 2.49. The molecule has 1 rings (SSSR count). The molecule has 0 bridgehead atoms. The monoisotopic (exact) mass is 263 g/mol. The van der Waals surface area contributed by atoms with Crippen LogP contribution in [-0.2, 0) is 11.3 Å². The molecular weight excluding hydrogens is 250 g/mol. The van der Waals surface area contributed by atoms with Gasteiger partial charge in [0.2, 0.25) is 0 Å². The maximum Gasteiger partial charge on any atom is 0.0613 e. The van der Waals surface area contributed by atoms with Crippen molar-refractivity contribution < 1.29 is 4.74 Å². The highest BCUT2D eigenvalue weighted by Crippen LogP contribution is 2.19. The molecule has 1 aromatic heterocycles. The average molecular weight is 264 g/mol. The standard InChI is InChI=1S/C9H14BrNOS/c1-7(5-12-2)11-4-9-3-8(10)6-13-9/h3,6-7,11H,4-5H2,1-2H3. The number of thiophene rings is 1. The Kier molecular flexibility index (Phi) is 4.94. The van der Waals surface area contributed by atoms with Crippen LogP contribution < -0.4 is 5.32 Å². The maximum atomic E-state index is 5.03. The Balaban J connectivity index is 2.26. The van der Waals surface area contributed by atoms with Gasteiger partial charge >= 0.3 is 0 Å². The van der Waals surface area contributed by atoms with Crippen molar-refractivity contribution in [1.82, 2.24) is 5.32 Å². The largest absolute Gasteiger partial charge is 0.383 e. The van der Waals surface area contributed by atoms with Crippen molar-refractivity contribution >= 4 is 27.3 Å². The third-order valence-corrected chi connectivity index (χ3v) is 3.36. The molecule has 0 aliphatic carbocycles. The van der Waals surface area contributed by atoms with Gasteiger partial charge in [0.15, 0.2) is 0 Å². The third kappa shape index (κ3) is 4.22. The lowest BCUT2D eigenvalue weighted by Crippen LogP contribution is -2.29. The van der Waals surface area contributed by atoms with Crippen LogP contribution >= 0.6 is 27.3 Å². The minimum absolute atomic E-state index is 0.408. The van der Waals surface area contributed by atoms with E-state index in [2.05, 4.69) is 39.6 Å². The van der Waals surface area contributed by atoms with Gasteiger partial charge in [-0.05, 0) is 28.9 Å². The molecule has 1 aromatic rings. The number of methoxy groups -OCH3 is 1. The number of nitrogens with one attached hydrogen (secondary N) is 1. The molecule has 4 heteroatoms.